The minimum atomic E-state index is -0.468. The Hall–Kier alpha value is -2.52. The van der Waals surface area contributed by atoms with Gasteiger partial charge >= 0.3 is 0 Å². The van der Waals surface area contributed by atoms with Crippen molar-refractivity contribution in [3.63, 3.8) is 0 Å². The summed E-state index contributed by atoms with van der Waals surface area (Å²) >= 11 is 1.64. The molecule has 31 heavy (non-hydrogen) atoms. The van der Waals surface area contributed by atoms with Crippen molar-refractivity contribution in [3.05, 3.63) is 41.7 Å². The van der Waals surface area contributed by atoms with E-state index in [1.165, 1.54) is 19.0 Å². The molecule has 1 saturated heterocycles. The smallest absolute Gasteiger partial charge is 0.229 e. The number of morpholine rings is 1. The number of halogens is 1. The number of aliphatic imine (C=N–C) groups is 1. The molecule has 2 fully saturated rings. The molecule has 0 unspecified atom stereocenters. The minimum Gasteiger partial charge on any atom is -0.378 e. The fourth-order valence-electron chi connectivity index (χ4n) is 3.73. The molecule has 7 nitrogen and oxygen atoms in total. The van der Waals surface area contributed by atoms with E-state index in [0.717, 1.165) is 49.7 Å². The van der Waals surface area contributed by atoms with Crippen LogP contribution in [0.25, 0.3) is 4.91 Å². The van der Waals surface area contributed by atoms with E-state index in [1.807, 2.05) is 25.3 Å². The van der Waals surface area contributed by atoms with Crippen molar-refractivity contribution in [3.8, 4) is 0 Å². The Morgan fingerprint density at radius 1 is 1.23 bits per heavy atom. The largest absolute Gasteiger partial charge is 0.378 e. The van der Waals surface area contributed by atoms with Gasteiger partial charge in [-0.25, -0.2) is 19.3 Å². The Morgan fingerprint density at radius 2 is 2.00 bits per heavy atom. The number of pyridine rings is 1. The molecule has 0 radical (unpaired) electrons. The molecule has 1 aliphatic heterocycles. The normalized spacial score (nSPS) is 18.1. The first kappa shape index (κ1) is 21.7. The third kappa shape index (κ3) is 5.40. The van der Waals surface area contributed by atoms with Crippen LogP contribution in [0.4, 0.5) is 21.8 Å². The van der Waals surface area contributed by atoms with Gasteiger partial charge < -0.3 is 15.0 Å². The summed E-state index contributed by atoms with van der Waals surface area (Å²) in [4.78, 5) is 20.0. The summed E-state index contributed by atoms with van der Waals surface area (Å²) in [6.45, 7) is 8.61. The molecule has 2 aliphatic rings. The summed E-state index contributed by atoms with van der Waals surface area (Å²) in [5, 5.41) is 3.54. The number of hydrogen-bond acceptors (Lipinski definition) is 8. The van der Waals surface area contributed by atoms with E-state index in [4.69, 9.17) is 4.74 Å². The summed E-state index contributed by atoms with van der Waals surface area (Å²) in [5.41, 5.74) is 1.97. The van der Waals surface area contributed by atoms with Crippen LogP contribution in [-0.4, -0.2) is 53.2 Å². The van der Waals surface area contributed by atoms with Crippen LogP contribution in [0.3, 0.4) is 0 Å². The highest BCUT2D eigenvalue weighted by Gasteiger charge is 2.23. The van der Waals surface area contributed by atoms with Gasteiger partial charge in [0.25, 0.3) is 0 Å². The molecular formula is C22H27FN6OS. The van der Waals surface area contributed by atoms with Gasteiger partial charge in [0.2, 0.25) is 5.95 Å². The van der Waals surface area contributed by atoms with Crippen molar-refractivity contribution in [2.75, 3.05) is 36.5 Å². The maximum Gasteiger partial charge on any atom is 0.229 e. The Bertz CT molecular complexity index is 940. The molecule has 9 heteroatoms. The molecule has 4 rings (SSSR count). The minimum absolute atomic E-state index is 0.254. The lowest BCUT2D eigenvalue weighted by Gasteiger charge is -2.28. The highest BCUT2D eigenvalue weighted by molar-refractivity contribution is 8.08. The van der Waals surface area contributed by atoms with E-state index < -0.39 is 5.82 Å². The highest BCUT2D eigenvalue weighted by atomic mass is 32.2. The zero-order valence-corrected chi connectivity index (χ0v) is 18.5. The summed E-state index contributed by atoms with van der Waals surface area (Å²) in [6.07, 6.45) is 7.66. The first-order chi connectivity index (χ1) is 15.1. The van der Waals surface area contributed by atoms with E-state index >= 15 is 0 Å². The molecule has 2 aromatic rings. The Balaban J connectivity index is 1.53. The maximum absolute atomic E-state index is 14.7. The number of nitrogens with one attached hydrogen (secondary N) is 1. The average molecular weight is 443 g/mol. The molecule has 0 aromatic carbocycles. The van der Waals surface area contributed by atoms with Crippen LogP contribution < -0.4 is 10.2 Å². The number of allylic oxidation sites excluding steroid dienone is 1. The molecule has 3 heterocycles. The maximum atomic E-state index is 14.7. The number of thioether (sulfide) groups is 1. The number of anilines is 3. The van der Waals surface area contributed by atoms with Gasteiger partial charge in [0.15, 0.2) is 5.82 Å². The van der Waals surface area contributed by atoms with E-state index in [-0.39, 0.29) is 5.69 Å². The average Bonchev–Trinajstić information content (AvgIpc) is 3.33. The molecule has 0 bridgehead atoms. The zero-order chi connectivity index (χ0) is 21.6. The van der Waals surface area contributed by atoms with Crippen LogP contribution in [0.15, 0.2) is 35.2 Å². The molecule has 1 saturated carbocycles. The van der Waals surface area contributed by atoms with Gasteiger partial charge in [-0.15, -0.1) is 11.8 Å². The molecule has 1 aliphatic carbocycles. The van der Waals surface area contributed by atoms with Gasteiger partial charge in [0.1, 0.15) is 11.5 Å². The zero-order valence-electron chi connectivity index (χ0n) is 17.7. The van der Waals surface area contributed by atoms with Crippen LogP contribution in [-0.2, 0) is 4.74 Å². The molecule has 1 N–H and O–H groups in total. The second-order valence-electron chi connectivity index (χ2n) is 7.61. The number of hydrogen-bond donors (Lipinski definition) is 1. The monoisotopic (exact) mass is 442 g/mol. The van der Waals surface area contributed by atoms with Crippen molar-refractivity contribution >= 4 is 40.8 Å². The third-order valence-corrected chi connectivity index (χ3v) is 7.00. The predicted molar refractivity (Wildman–Crippen MR) is 125 cm³/mol. The molecule has 2 aromatic heterocycles. The second kappa shape index (κ2) is 10.2. The van der Waals surface area contributed by atoms with E-state index in [1.54, 1.807) is 11.8 Å². The fourth-order valence-corrected chi connectivity index (χ4v) is 5.12. The standard InChI is InChI=1S/C22H27FN6OS/c1-15(24-2)21(31-17-5-3-4-6-17)20-18(23)14-26-22(28-20)27-19-8-7-16(13-25-19)29-9-11-30-12-10-29/h7-8,13-14,17H,2-6,9-12H2,1H3,(H,25,26,27,28)/b21-15-. The van der Waals surface area contributed by atoms with E-state index in [9.17, 15) is 4.39 Å². The van der Waals surface area contributed by atoms with Gasteiger partial charge in [-0.05, 0) is 38.6 Å². The van der Waals surface area contributed by atoms with Gasteiger partial charge in [-0.1, -0.05) is 12.8 Å². The van der Waals surface area contributed by atoms with Crippen LogP contribution in [0.2, 0.25) is 0 Å². The molecule has 164 valence electrons. The summed E-state index contributed by atoms with van der Waals surface area (Å²) in [5.74, 6) is 0.427. The highest BCUT2D eigenvalue weighted by Crippen LogP contribution is 2.41. The molecule has 0 spiro atoms. The third-order valence-electron chi connectivity index (χ3n) is 5.48. The summed E-state index contributed by atoms with van der Waals surface area (Å²) in [6, 6.07) is 3.87. The van der Waals surface area contributed by atoms with Crippen molar-refractivity contribution in [2.24, 2.45) is 4.99 Å². The first-order valence-corrected chi connectivity index (χ1v) is 11.4. The van der Waals surface area contributed by atoms with Crippen LogP contribution in [0.5, 0.6) is 0 Å². The summed E-state index contributed by atoms with van der Waals surface area (Å²) in [7, 11) is 0. The molecule has 0 amide bonds. The van der Waals surface area contributed by atoms with Crippen LogP contribution in [0.1, 0.15) is 38.3 Å². The number of nitrogens with zero attached hydrogens (tertiary/aromatic N) is 5. The lowest BCUT2D eigenvalue weighted by molar-refractivity contribution is 0.122. The Morgan fingerprint density at radius 3 is 2.68 bits per heavy atom. The van der Waals surface area contributed by atoms with Gasteiger partial charge in [-0.2, -0.15) is 0 Å². The van der Waals surface area contributed by atoms with E-state index in [2.05, 4.69) is 36.9 Å². The quantitative estimate of drug-likeness (QED) is 0.625. The first-order valence-electron chi connectivity index (χ1n) is 10.6. The lowest BCUT2D eigenvalue weighted by Crippen LogP contribution is -2.36. The van der Waals surface area contributed by atoms with Gasteiger partial charge in [-0.3, -0.25) is 4.99 Å². The van der Waals surface area contributed by atoms with Gasteiger partial charge in [0, 0.05) is 18.3 Å². The number of aromatic nitrogens is 3. The lowest BCUT2D eigenvalue weighted by atomic mass is 10.3. The van der Waals surface area contributed by atoms with Gasteiger partial charge in [0.05, 0.1) is 41.9 Å². The number of ether oxygens (including phenoxy) is 1. The second-order valence-corrected chi connectivity index (χ2v) is 8.92. The van der Waals surface area contributed by atoms with Crippen molar-refractivity contribution in [1.82, 2.24) is 15.0 Å². The van der Waals surface area contributed by atoms with Crippen molar-refractivity contribution < 1.29 is 9.13 Å². The number of rotatable bonds is 7. The topological polar surface area (TPSA) is 75.5 Å². The van der Waals surface area contributed by atoms with Crippen LogP contribution >= 0.6 is 11.8 Å². The van der Waals surface area contributed by atoms with Crippen LogP contribution in [0, 0.1) is 5.82 Å². The van der Waals surface area contributed by atoms with E-state index in [0.29, 0.717) is 22.7 Å². The van der Waals surface area contributed by atoms with Crippen molar-refractivity contribution in [1.29, 1.82) is 0 Å². The fraction of sp³-hybridized carbons (Fsp3) is 0.455. The molecule has 0 atom stereocenters. The SMILES string of the molecule is C=N/C(C)=C(\SC1CCCC1)c1nc(Nc2ccc(N3CCOCC3)cn2)ncc1F. The Labute approximate surface area is 186 Å². The Kier molecular flexibility index (Phi) is 7.14. The van der Waals surface area contributed by atoms with Crippen molar-refractivity contribution in [2.45, 2.75) is 37.9 Å². The predicted octanol–water partition coefficient (Wildman–Crippen LogP) is 4.66. The molecular weight excluding hydrogens is 415 g/mol. The summed E-state index contributed by atoms with van der Waals surface area (Å²) < 4.78 is 20.1.